The van der Waals surface area contributed by atoms with Gasteiger partial charge in [-0.2, -0.15) is 0 Å². The van der Waals surface area contributed by atoms with Crippen molar-refractivity contribution < 1.29 is 0 Å². The molecule has 0 aliphatic heterocycles. The molecule has 0 saturated carbocycles. The SMILES string of the molecule is CC(C)c1ccc(Cn2cccc(N)c2=O)cc1. The van der Waals surface area contributed by atoms with E-state index in [4.69, 9.17) is 5.73 Å². The van der Waals surface area contributed by atoms with E-state index in [1.807, 2.05) is 0 Å². The van der Waals surface area contributed by atoms with Crippen molar-refractivity contribution in [3.8, 4) is 0 Å². The van der Waals surface area contributed by atoms with Crippen LogP contribution < -0.4 is 11.3 Å². The third kappa shape index (κ3) is 2.62. The number of anilines is 1. The standard InChI is InChI=1S/C15H18N2O/c1-11(2)13-7-5-12(6-8-13)10-17-9-3-4-14(16)15(17)18/h3-9,11H,10,16H2,1-2H3. The highest BCUT2D eigenvalue weighted by molar-refractivity contribution is 5.34. The van der Waals surface area contributed by atoms with Crippen LogP contribution in [0.2, 0.25) is 0 Å². The first kappa shape index (κ1) is 12.4. The van der Waals surface area contributed by atoms with Gasteiger partial charge in [0.2, 0.25) is 0 Å². The van der Waals surface area contributed by atoms with E-state index < -0.39 is 0 Å². The third-order valence-electron chi connectivity index (χ3n) is 3.05. The van der Waals surface area contributed by atoms with Gasteiger partial charge in [0, 0.05) is 6.20 Å². The van der Waals surface area contributed by atoms with Gasteiger partial charge in [0.05, 0.1) is 12.2 Å². The Hall–Kier alpha value is -2.03. The van der Waals surface area contributed by atoms with Crippen molar-refractivity contribution in [3.63, 3.8) is 0 Å². The van der Waals surface area contributed by atoms with Crippen LogP contribution in [0.1, 0.15) is 30.9 Å². The van der Waals surface area contributed by atoms with Gasteiger partial charge in [0.25, 0.3) is 5.56 Å². The first-order valence-corrected chi connectivity index (χ1v) is 6.11. The predicted molar refractivity (Wildman–Crippen MR) is 74.7 cm³/mol. The Labute approximate surface area is 107 Å². The second-order valence-corrected chi connectivity index (χ2v) is 4.79. The minimum Gasteiger partial charge on any atom is -0.394 e. The van der Waals surface area contributed by atoms with Crippen LogP contribution in [0.25, 0.3) is 0 Å². The summed E-state index contributed by atoms with van der Waals surface area (Å²) < 4.78 is 1.62. The number of nitrogens with two attached hydrogens (primary N) is 1. The second kappa shape index (κ2) is 5.08. The van der Waals surface area contributed by atoms with Crippen molar-refractivity contribution in [1.29, 1.82) is 0 Å². The fourth-order valence-corrected chi connectivity index (χ4v) is 1.88. The normalized spacial score (nSPS) is 10.8. The molecule has 3 nitrogen and oxygen atoms in total. The number of benzene rings is 1. The van der Waals surface area contributed by atoms with Crippen LogP contribution in [0.15, 0.2) is 47.4 Å². The van der Waals surface area contributed by atoms with Crippen molar-refractivity contribution in [2.24, 2.45) is 0 Å². The average molecular weight is 242 g/mol. The zero-order chi connectivity index (χ0) is 13.1. The van der Waals surface area contributed by atoms with Gasteiger partial charge in [-0.3, -0.25) is 4.79 Å². The molecule has 2 aromatic rings. The molecule has 0 saturated heterocycles. The van der Waals surface area contributed by atoms with Gasteiger partial charge in [-0.15, -0.1) is 0 Å². The molecule has 1 heterocycles. The Morgan fingerprint density at radius 2 is 1.83 bits per heavy atom. The van der Waals surface area contributed by atoms with Crippen LogP contribution in [0.4, 0.5) is 5.69 Å². The highest BCUT2D eigenvalue weighted by Crippen LogP contribution is 2.15. The Morgan fingerprint density at radius 3 is 2.44 bits per heavy atom. The number of nitrogen functional groups attached to an aromatic ring is 1. The quantitative estimate of drug-likeness (QED) is 0.899. The van der Waals surface area contributed by atoms with Crippen molar-refractivity contribution in [2.45, 2.75) is 26.3 Å². The number of aromatic nitrogens is 1. The molecule has 0 radical (unpaired) electrons. The summed E-state index contributed by atoms with van der Waals surface area (Å²) in [6, 6.07) is 11.8. The fourth-order valence-electron chi connectivity index (χ4n) is 1.88. The monoisotopic (exact) mass is 242 g/mol. The van der Waals surface area contributed by atoms with E-state index in [1.165, 1.54) is 5.56 Å². The Bertz CT molecular complexity index is 582. The summed E-state index contributed by atoms with van der Waals surface area (Å²) in [4.78, 5) is 11.8. The van der Waals surface area contributed by atoms with Crippen LogP contribution in [0.3, 0.4) is 0 Å². The second-order valence-electron chi connectivity index (χ2n) is 4.79. The van der Waals surface area contributed by atoms with E-state index in [2.05, 4.69) is 38.1 Å². The van der Waals surface area contributed by atoms with Gasteiger partial charge in [-0.25, -0.2) is 0 Å². The maximum atomic E-state index is 11.8. The van der Waals surface area contributed by atoms with Gasteiger partial charge in [0.1, 0.15) is 0 Å². The molecule has 2 rings (SSSR count). The number of rotatable bonds is 3. The van der Waals surface area contributed by atoms with Crippen LogP contribution in [0, 0.1) is 0 Å². The summed E-state index contributed by atoms with van der Waals surface area (Å²) in [7, 11) is 0. The van der Waals surface area contributed by atoms with E-state index >= 15 is 0 Å². The fraction of sp³-hybridized carbons (Fsp3) is 0.267. The lowest BCUT2D eigenvalue weighted by atomic mass is 10.0. The maximum absolute atomic E-state index is 11.8. The minimum absolute atomic E-state index is 0.134. The average Bonchev–Trinajstić information content (AvgIpc) is 2.36. The summed E-state index contributed by atoms with van der Waals surface area (Å²) in [6.07, 6.45) is 1.76. The molecule has 1 aromatic heterocycles. The van der Waals surface area contributed by atoms with E-state index in [-0.39, 0.29) is 11.2 Å². The maximum Gasteiger partial charge on any atom is 0.273 e. The third-order valence-corrected chi connectivity index (χ3v) is 3.05. The lowest BCUT2D eigenvalue weighted by Gasteiger charge is -2.09. The topological polar surface area (TPSA) is 48.0 Å². The molecule has 18 heavy (non-hydrogen) atoms. The molecular formula is C15H18N2O. The van der Waals surface area contributed by atoms with Gasteiger partial charge >= 0.3 is 0 Å². The number of hydrogen-bond acceptors (Lipinski definition) is 2. The largest absolute Gasteiger partial charge is 0.394 e. The minimum atomic E-state index is -0.134. The summed E-state index contributed by atoms with van der Waals surface area (Å²) >= 11 is 0. The Balaban J connectivity index is 2.24. The van der Waals surface area contributed by atoms with E-state index in [0.29, 0.717) is 12.5 Å². The first-order valence-electron chi connectivity index (χ1n) is 6.11. The van der Waals surface area contributed by atoms with Crippen molar-refractivity contribution in [1.82, 2.24) is 4.57 Å². The van der Waals surface area contributed by atoms with Gasteiger partial charge in [0.15, 0.2) is 0 Å². The molecule has 0 amide bonds. The molecule has 0 aliphatic carbocycles. The number of hydrogen-bond donors (Lipinski definition) is 1. The van der Waals surface area contributed by atoms with Crippen LogP contribution in [0.5, 0.6) is 0 Å². The molecule has 0 unspecified atom stereocenters. The molecule has 3 heteroatoms. The molecular weight excluding hydrogens is 224 g/mol. The van der Waals surface area contributed by atoms with Crippen LogP contribution >= 0.6 is 0 Å². The molecule has 0 fully saturated rings. The summed E-state index contributed by atoms with van der Waals surface area (Å²) in [5.41, 5.74) is 8.17. The number of nitrogens with zero attached hydrogens (tertiary/aromatic N) is 1. The summed E-state index contributed by atoms with van der Waals surface area (Å²) in [5, 5.41) is 0. The zero-order valence-electron chi connectivity index (χ0n) is 10.8. The van der Waals surface area contributed by atoms with Crippen molar-refractivity contribution in [3.05, 3.63) is 64.1 Å². The van der Waals surface area contributed by atoms with Crippen molar-refractivity contribution in [2.75, 3.05) is 5.73 Å². The predicted octanol–water partition coefficient (Wildman–Crippen LogP) is 2.60. The molecule has 0 bridgehead atoms. The first-order chi connectivity index (χ1) is 8.58. The van der Waals surface area contributed by atoms with E-state index in [9.17, 15) is 4.79 Å². The van der Waals surface area contributed by atoms with Gasteiger partial charge in [-0.05, 0) is 29.2 Å². The van der Waals surface area contributed by atoms with E-state index in [1.54, 1.807) is 22.9 Å². The lowest BCUT2D eigenvalue weighted by molar-refractivity contribution is 0.760. The molecule has 1 aromatic carbocycles. The molecule has 2 N–H and O–H groups in total. The van der Waals surface area contributed by atoms with Crippen LogP contribution in [-0.2, 0) is 6.54 Å². The Kier molecular flexibility index (Phi) is 3.51. The molecule has 0 aliphatic rings. The molecule has 0 atom stereocenters. The van der Waals surface area contributed by atoms with E-state index in [0.717, 1.165) is 5.56 Å². The smallest absolute Gasteiger partial charge is 0.273 e. The van der Waals surface area contributed by atoms with Gasteiger partial charge < -0.3 is 10.3 Å². The number of pyridine rings is 1. The van der Waals surface area contributed by atoms with Gasteiger partial charge in [-0.1, -0.05) is 38.1 Å². The lowest BCUT2D eigenvalue weighted by Crippen LogP contribution is -2.22. The van der Waals surface area contributed by atoms with Crippen LogP contribution in [-0.4, -0.2) is 4.57 Å². The highest BCUT2D eigenvalue weighted by atomic mass is 16.1. The Morgan fingerprint density at radius 1 is 1.17 bits per heavy atom. The molecule has 94 valence electrons. The zero-order valence-corrected chi connectivity index (χ0v) is 10.8. The summed E-state index contributed by atoms with van der Waals surface area (Å²) in [5.74, 6) is 0.522. The van der Waals surface area contributed by atoms with Crippen molar-refractivity contribution >= 4 is 5.69 Å². The highest BCUT2D eigenvalue weighted by Gasteiger charge is 2.02. The summed E-state index contributed by atoms with van der Waals surface area (Å²) in [6.45, 7) is 4.89. The molecule has 0 spiro atoms.